The molecule has 0 radical (unpaired) electrons. The molecular weight excluding hydrogens is 222 g/mol. The Hall–Kier alpha value is -1.10. The molecule has 0 fully saturated rings. The van der Waals surface area contributed by atoms with Crippen molar-refractivity contribution in [1.82, 2.24) is 10.3 Å². The molecule has 1 heterocycles. The minimum atomic E-state index is -0.191. The van der Waals surface area contributed by atoms with Gasteiger partial charge in [0.25, 0.3) is 0 Å². The number of urea groups is 1. The number of hydrogen-bond donors (Lipinski definition) is 2. The maximum absolute atomic E-state index is 11.5. The van der Waals surface area contributed by atoms with Gasteiger partial charge in [-0.15, -0.1) is 11.3 Å². The van der Waals surface area contributed by atoms with E-state index in [2.05, 4.69) is 36.4 Å². The number of nitrogens with zero attached hydrogens (tertiary/aromatic N) is 1. The summed E-state index contributed by atoms with van der Waals surface area (Å²) in [6.45, 7) is 10.8. The van der Waals surface area contributed by atoms with Gasteiger partial charge in [0.2, 0.25) is 0 Å². The van der Waals surface area contributed by atoms with Crippen LogP contribution in [0.3, 0.4) is 0 Å². The SMILES string of the molecule is Cc1nc(NC(=O)NCC(C)(C)C)sc1C. The Balaban J connectivity index is 2.46. The molecule has 0 saturated heterocycles. The zero-order valence-electron chi connectivity index (χ0n) is 10.5. The summed E-state index contributed by atoms with van der Waals surface area (Å²) in [4.78, 5) is 16.9. The second kappa shape index (κ2) is 4.82. The zero-order valence-corrected chi connectivity index (χ0v) is 11.3. The highest BCUT2D eigenvalue weighted by molar-refractivity contribution is 7.15. The number of nitrogens with one attached hydrogen (secondary N) is 2. The van der Waals surface area contributed by atoms with E-state index >= 15 is 0 Å². The predicted molar refractivity (Wildman–Crippen MR) is 68.1 cm³/mol. The van der Waals surface area contributed by atoms with Gasteiger partial charge >= 0.3 is 6.03 Å². The first-order valence-corrected chi connectivity index (χ1v) is 6.08. The Bertz CT molecular complexity index is 360. The average Bonchev–Trinajstić information content (AvgIpc) is 2.41. The number of anilines is 1. The topological polar surface area (TPSA) is 54.0 Å². The van der Waals surface area contributed by atoms with E-state index in [1.54, 1.807) is 0 Å². The summed E-state index contributed by atoms with van der Waals surface area (Å²) in [7, 11) is 0. The summed E-state index contributed by atoms with van der Waals surface area (Å²) in [5.74, 6) is 0. The molecule has 5 heteroatoms. The van der Waals surface area contributed by atoms with Gasteiger partial charge in [-0.25, -0.2) is 9.78 Å². The van der Waals surface area contributed by atoms with Gasteiger partial charge in [0.05, 0.1) is 5.69 Å². The first-order valence-electron chi connectivity index (χ1n) is 5.27. The first-order chi connectivity index (χ1) is 7.28. The van der Waals surface area contributed by atoms with Crippen LogP contribution in [0, 0.1) is 19.3 Å². The van der Waals surface area contributed by atoms with Crippen molar-refractivity contribution in [2.45, 2.75) is 34.6 Å². The van der Waals surface area contributed by atoms with Crippen molar-refractivity contribution in [1.29, 1.82) is 0 Å². The molecule has 4 nitrogen and oxygen atoms in total. The molecule has 0 atom stereocenters. The molecule has 0 saturated carbocycles. The van der Waals surface area contributed by atoms with E-state index in [0.717, 1.165) is 10.6 Å². The predicted octanol–water partition coefficient (Wildman–Crippen LogP) is 2.93. The van der Waals surface area contributed by atoms with Crippen LogP contribution in [0.15, 0.2) is 0 Å². The third kappa shape index (κ3) is 4.18. The monoisotopic (exact) mass is 241 g/mol. The quantitative estimate of drug-likeness (QED) is 0.836. The van der Waals surface area contributed by atoms with E-state index in [-0.39, 0.29) is 11.4 Å². The number of amides is 2. The molecule has 16 heavy (non-hydrogen) atoms. The second-order valence-corrected chi connectivity index (χ2v) is 6.23. The highest BCUT2D eigenvalue weighted by atomic mass is 32.1. The molecule has 2 amide bonds. The lowest BCUT2D eigenvalue weighted by Crippen LogP contribution is -2.35. The molecule has 0 aromatic carbocycles. The normalized spacial score (nSPS) is 11.3. The first kappa shape index (κ1) is 13.0. The molecule has 0 aliphatic heterocycles. The van der Waals surface area contributed by atoms with Crippen LogP contribution in [0.5, 0.6) is 0 Å². The fourth-order valence-electron chi connectivity index (χ4n) is 1.01. The van der Waals surface area contributed by atoms with Crippen molar-refractivity contribution in [2.75, 3.05) is 11.9 Å². The van der Waals surface area contributed by atoms with E-state index in [4.69, 9.17) is 0 Å². The van der Waals surface area contributed by atoms with Crippen LogP contribution >= 0.6 is 11.3 Å². The molecule has 0 unspecified atom stereocenters. The number of carbonyl (C=O) groups excluding carboxylic acids is 1. The Morgan fingerprint density at radius 2 is 2.00 bits per heavy atom. The third-order valence-electron chi connectivity index (χ3n) is 2.03. The lowest BCUT2D eigenvalue weighted by molar-refractivity contribution is 0.247. The van der Waals surface area contributed by atoms with Crippen LogP contribution < -0.4 is 10.6 Å². The fraction of sp³-hybridized carbons (Fsp3) is 0.636. The molecule has 0 aliphatic carbocycles. The Labute approximate surface area is 100 Å². The molecule has 2 N–H and O–H groups in total. The Kier molecular flexibility index (Phi) is 3.91. The third-order valence-corrected chi connectivity index (χ3v) is 3.02. The largest absolute Gasteiger partial charge is 0.337 e. The number of aryl methyl sites for hydroxylation is 2. The summed E-state index contributed by atoms with van der Waals surface area (Å²) in [5.41, 5.74) is 1.06. The lowest BCUT2D eigenvalue weighted by atomic mass is 9.97. The van der Waals surface area contributed by atoms with Gasteiger partial charge in [-0.3, -0.25) is 5.32 Å². The van der Waals surface area contributed by atoms with E-state index in [1.807, 2.05) is 13.8 Å². The number of aromatic nitrogens is 1. The number of carbonyl (C=O) groups is 1. The van der Waals surface area contributed by atoms with E-state index < -0.39 is 0 Å². The van der Waals surface area contributed by atoms with Crippen molar-refractivity contribution < 1.29 is 4.79 Å². The standard InChI is InChI=1S/C11H19N3OS/c1-7-8(2)16-10(13-7)14-9(15)12-6-11(3,4)5/h6H2,1-5H3,(H2,12,13,14,15). The summed E-state index contributed by atoms with van der Waals surface area (Å²) < 4.78 is 0. The van der Waals surface area contributed by atoms with Crippen LogP contribution in [0.4, 0.5) is 9.93 Å². The molecular formula is C11H19N3OS. The summed E-state index contributed by atoms with van der Waals surface area (Å²) >= 11 is 1.49. The molecule has 1 aromatic heterocycles. The molecule has 1 aromatic rings. The molecule has 0 aliphatic rings. The molecule has 0 bridgehead atoms. The zero-order chi connectivity index (χ0) is 12.3. The van der Waals surface area contributed by atoms with Crippen molar-refractivity contribution in [2.24, 2.45) is 5.41 Å². The molecule has 0 spiro atoms. The number of thiazole rings is 1. The van der Waals surface area contributed by atoms with Crippen LogP contribution in [0.2, 0.25) is 0 Å². The van der Waals surface area contributed by atoms with Crippen LogP contribution in [-0.2, 0) is 0 Å². The highest BCUT2D eigenvalue weighted by Gasteiger charge is 2.13. The maximum Gasteiger partial charge on any atom is 0.321 e. The molecule has 1 rings (SSSR count). The highest BCUT2D eigenvalue weighted by Crippen LogP contribution is 2.20. The van der Waals surface area contributed by atoms with E-state index in [9.17, 15) is 4.79 Å². The van der Waals surface area contributed by atoms with Gasteiger partial charge in [-0.2, -0.15) is 0 Å². The van der Waals surface area contributed by atoms with Crippen LogP contribution in [0.1, 0.15) is 31.3 Å². The van der Waals surface area contributed by atoms with Crippen molar-refractivity contribution in [3.63, 3.8) is 0 Å². The minimum Gasteiger partial charge on any atom is -0.337 e. The minimum absolute atomic E-state index is 0.0893. The van der Waals surface area contributed by atoms with Crippen molar-refractivity contribution in [3.05, 3.63) is 10.6 Å². The van der Waals surface area contributed by atoms with Gasteiger partial charge < -0.3 is 5.32 Å². The van der Waals surface area contributed by atoms with Gasteiger partial charge in [-0.1, -0.05) is 20.8 Å². The summed E-state index contributed by atoms with van der Waals surface area (Å²) in [6, 6.07) is -0.191. The van der Waals surface area contributed by atoms with Gasteiger partial charge in [0, 0.05) is 11.4 Å². The van der Waals surface area contributed by atoms with E-state index in [1.165, 1.54) is 11.3 Å². The van der Waals surface area contributed by atoms with Gasteiger partial charge in [0.1, 0.15) is 0 Å². The maximum atomic E-state index is 11.5. The Morgan fingerprint density at radius 3 is 2.44 bits per heavy atom. The average molecular weight is 241 g/mol. The van der Waals surface area contributed by atoms with Gasteiger partial charge in [0.15, 0.2) is 5.13 Å². The number of hydrogen-bond acceptors (Lipinski definition) is 3. The Morgan fingerprint density at radius 1 is 1.38 bits per heavy atom. The fourth-order valence-corrected chi connectivity index (χ4v) is 1.82. The summed E-state index contributed by atoms with van der Waals surface area (Å²) in [5, 5.41) is 6.20. The van der Waals surface area contributed by atoms with E-state index in [0.29, 0.717) is 11.7 Å². The van der Waals surface area contributed by atoms with Crippen molar-refractivity contribution in [3.8, 4) is 0 Å². The molecule has 90 valence electrons. The van der Waals surface area contributed by atoms with Crippen LogP contribution in [-0.4, -0.2) is 17.6 Å². The smallest absolute Gasteiger partial charge is 0.321 e. The number of rotatable bonds is 2. The van der Waals surface area contributed by atoms with Crippen LogP contribution in [0.25, 0.3) is 0 Å². The lowest BCUT2D eigenvalue weighted by Gasteiger charge is -2.18. The summed E-state index contributed by atoms with van der Waals surface area (Å²) in [6.07, 6.45) is 0. The van der Waals surface area contributed by atoms with Crippen molar-refractivity contribution >= 4 is 22.5 Å². The van der Waals surface area contributed by atoms with Gasteiger partial charge in [-0.05, 0) is 19.3 Å². The second-order valence-electron chi connectivity index (χ2n) is 5.03.